The number of carbonyl (C=O) groups is 1. The molecular weight excluding hydrogens is 119 g/mol. The second-order valence-corrected chi connectivity index (χ2v) is 1.24. The maximum atomic E-state index is 9.57. The molecule has 0 aliphatic carbocycles. The van der Waals surface area contributed by atoms with Gasteiger partial charge < -0.3 is 15.0 Å². The van der Waals surface area contributed by atoms with Gasteiger partial charge in [-0.3, -0.25) is 0 Å². The third-order valence-electron chi connectivity index (χ3n) is 0.659. The van der Waals surface area contributed by atoms with Gasteiger partial charge in [-0.15, -0.1) is 0 Å². The van der Waals surface area contributed by atoms with Gasteiger partial charge in [0.1, 0.15) is 0 Å². The van der Waals surface area contributed by atoms with Crippen molar-refractivity contribution in [2.45, 2.75) is 19.4 Å². The van der Waals surface area contributed by atoms with Gasteiger partial charge in [-0.1, -0.05) is 6.92 Å². The van der Waals surface area contributed by atoms with Crippen molar-refractivity contribution < 1.29 is 44.6 Å². The van der Waals surface area contributed by atoms with Crippen LogP contribution in [0.25, 0.3) is 0 Å². The minimum Gasteiger partial charge on any atom is -0.547 e. The summed E-state index contributed by atoms with van der Waals surface area (Å²) in [6.07, 6.45) is -1.08. The van der Waals surface area contributed by atoms with Crippen LogP contribution >= 0.6 is 0 Å². The van der Waals surface area contributed by atoms with E-state index in [1.165, 1.54) is 0 Å². The van der Waals surface area contributed by atoms with Crippen molar-refractivity contribution in [1.82, 2.24) is 0 Å². The largest absolute Gasteiger partial charge is 1.00 e. The first-order chi connectivity index (χ1) is 3.18. The van der Waals surface area contributed by atoms with Gasteiger partial charge in [0.05, 0.1) is 12.1 Å². The average Bonchev–Trinajstić information content (AvgIpc) is 1.65. The molecule has 0 fully saturated rings. The van der Waals surface area contributed by atoms with E-state index in [4.69, 9.17) is 5.11 Å². The van der Waals surface area contributed by atoms with Gasteiger partial charge in [-0.2, -0.15) is 0 Å². The normalized spacial score (nSPS) is 11.8. The van der Waals surface area contributed by atoms with Crippen LogP contribution < -0.4 is 34.7 Å². The van der Waals surface area contributed by atoms with E-state index in [9.17, 15) is 9.90 Å². The minimum absolute atomic E-state index is 0. The number of carboxylic acid groups (broad SMARTS) is 1. The summed E-state index contributed by atoms with van der Waals surface area (Å²) >= 11 is 0. The molecule has 4 heteroatoms. The molecule has 3 nitrogen and oxygen atoms in total. The van der Waals surface area contributed by atoms with Crippen LogP contribution in [0.3, 0.4) is 0 Å². The predicted molar refractivity (Wildman–Crippen MR) is 21.3 cm³/mol. The second-order valence-electron chi connectivity index (χ2n) is 1.24. The Bertz CT molecular complexity index is 73.7. The summed E-state index contributed by atoms with van der Waals surface area (Å²) in [7, 11) is 0. The molecule has 0 aromatic rings. The zero-order valence-corrected chi connectivity index (χ0v) is 7.05. The molecule has 0 rings (SSSR count). The van der Waals surface area contributed by atoms with Crippen molar-refractivity contribution >= 4 is 5.97 Å². The first-order valence-electron chi connectivity index (χ1n) is 2.07. The number of rotatable bonds is 2. The van der Waals surface area contributed by atoms with E-state index >= 15 is 0 Å². The first-order valence-corrected chi connectivity index (χ1v) is 2.07. The van der Waals surface area contributed by atoms with Crippen molar-refractivity contribution in [1.29, 1.82) is 0 Å². The fraction of sp³-hybridized carbons (Fsp3) is 0.750. The maximum absolute atomic E-state index is 9.57. The number of aliphatic carboxylic acids is 1. The van der Waals surface area contributed by atoms with Crippen LogP contribution in [0, 0.1) is 0 Å². The number of hydrogen-bond donors (Lipinski definition) is 1. The maximum Gasteiger partial charge on any atom is 1.00 e. The van der Waals surface area contributed by atoms with Crippen LogP contribution in [0.15, 0.2) is 0 Å². The van der Waals surface area contributed by atoms with E-state index in [0.717, 1.165) is 0 Å². The third kappa shape index (κ3) is 4.59. The molecule has 0 bridgehead atoms. The van der Waals surface area contributed by atoms with E-state index in [1.807, 2.05) is 0 Å². The fourth-order valence-corrected chi connectivity index (χ4v) is 0.167. The van der Waals surface area contributed by atoms with Gasteiger partial charge in [0.15, 0.2) is 0 Å². The third-order valence-corrected chi connectivity index (χ3v) is 0.659. The summed E-state index contributed by atoms with van der Waals surface area (Å²) in [6, 6.07) is 0. The van der Waals surface area contributed by atoms with Crippen molar-refractivity contribution in [2.24, 2.45) is 0 Å². The summed E-state index contributed by atoms with van der Waals surface area (Å²) in [5.41, 5.74) is 0. The molecule has 0 saturated carbocycles. The SMILES string of the molecule is CCC(O)C(=O)[O-].[Na+]. The molecule has 0 spiro atoms. The van der Waals surface area contributed by atoms with Crippen molar-refractivity contribution in [2.75, 3.05) is 0 Å². The molecule has 42 valence electrons. The topological polar surface area (TPSA) is 60.4 Å². The molecule has 0 aliphatic rings. The Hall–Kier alpha value is 0.430. The summed E-state index contributed by atoms with van der Waals surface area (Å²) in [5, 5.41) is 17.8. The Balaban J connectivity index is 0. The van der Waals surface area contributed by atoms with E-state index < -0.39 is 12.1 Å². The molecule has 0 saturated heterocycles. The van der Waals surface area contributed by atoms with Gasteiger partial charge in [0, 0.05) is 0 Å². The summed E-state index contributed by atoms with van der Waals surface area (Å²) in [5.74, 6) is -1.40. The van der Waals surface area contributed by atoms with E-state index in [-0.39, 0.29) is 36.0 Å². The molecule has 0 aromatic heterocycles. The number of hydrogen-bond acceptors (Lipinski definition) is 3. The zero-order chi connectivity index (χ0) is 5.86. The van der Waals surface area contributed by atoms with Gasteiger partial charge >= 0.3 is 29.6 Å². The van der Waals surface area contributed by atoms with Gasteiger partial charge in [-0.05, 0) is 6.42 Å². The van der Waals surface area contributed by atoms with Gasteiger partial charge in [0.2, 0.25) is 0 Å². The monoisotopic (exact) mass is 126 g/mol. The van der Waals surface area contributed by atoms with Gasteiger partial charge in [0.25, 0.3) is 0 Å². The molecule has 1 unspecified atom stereocenters. The molecule has 0 aliphatic heterocycles. The summed E-state index contributed by atoms with van der Waals surface area (Å²) in [4.78, 5) is 9.57. The number of carbonyl (C=O) groups excluding carboxylic acids is 1. The Kier molecular flexibility index (Phi) is 7.83. The van der Waals surface area contributed by atoms with Crippen LogP contribution in [-0.2, 0) is 4.79 Å². The number of aliphatic hydroxyl groups is 1. The van der Waals surface area contributed by atoms with E-state index in [2.05, 4.69) is 0 Å². The molecule has 0 heterocycles. The molecule has 0 aromatic carbocycles. The van der Waals surface area contributed by atoms with Crippen LogP contribution in [-0.4, -0.2) is 17.2 Å². The van der Waals surface area contributed by atoms with Crippen molar-refractivity contribution in [3.63, 3.8) is 0 Å². The Morgan fingerprint density at radius 1 is 1.88 bits per heavy atom. The summed E-state index contributed by atoms with van der Waals surface area (Å²) in [6.45, 7) is 1.57. The van der Waals surface area contributed by atoms with Gasteiger partial charge in [-0.25, -0.2) is 0 Å². The standard InChI is InChI=1S/C4H8O3.Na/c1-2-3(5)4(6)7;/h3,5H,2H2,1H3,(H,6,7);/q;+1/p-1. The van der Waals surface area contributed by atoms with Crippen molar-refractivity contribution in [3.05, 3.63) is 0 Å². The molecular formula is C4H7NaO3. The van der Waals surface area contributed by atoms with Crippen LogP contribution in [0.2, 0.25) is 0 Å². The van der Waals surface area contributed by atoms with Crippen molar-refractivity contribution in [3.8, 4) is 0 Å². The smallest absolute Gasteiger partial charge is 0.547 e. The second kappa shape index (κ2) is 5.56. The van der Waals surface area contributed by atoms with E-state index in [0.29, 0.717) is 0 Å². The molecule has 8 heavy (non-hydrogen) atoms. The summed E-state index contributed by atoms with van der Waals surface area (Å²) < 4.78 is 0. The molecule has 0 amide bonds. The Morgan fingerprint density at radius 3 is 2.25 bits per heavy atom. The van der Waals surface area contributed by atoms with E-state index in [1.54, 1.807) is 6.92 Å². The zero-order valence-electron chi connectivity index (χ0n) is 5.05. The van der Waals surface area contributed by atoms with Crippen LogP contribution in [0.4, 0.5) is 0 Å². The predicted octanol–water partition coefficient (Wildman–Crippen LogP) is -4.49. The quantitative estimate of drug-likeness (QED) is 0.379. The van der Waals surface area contributed by atoms with Crippen LogP contribution in [0.1, 0.15) is 13.3 Å². The first kappa shape index (κ1) is 11.3. The molecule has 1 N–H and O–H groups in total. The van der Waals surface area contributed by atoms with Crippen LogP contribution in [0.5, 0.6) is 0 Å². The number of carboxylic acids is 1. The Morgan fingerprint density at radius 2 is 2.25 bits per heavy atom. The fourth-order valence-electron chi connectivity index (χ4n) is 0.167. The molecule has 1 atom stereocenters. The minimum atomic E-state index is -1.40. The number of aliphatic hydroxyl groups excluding tert-OH is 1. The molecule has 0 radical (unpaired) electrons. The average molecular weight is 126 g/mol. The Labute approximate surface area is 70.0 Å².